The summed E-state index contributed by atoms with van der Waals surface area (Å²) in [6.07, 6.45) is 2.59. The van der Waals surface area contributed by atoms with E-state index in [-0.39, 0.29) is 0 Å². The summed E-state index contributed by atoms with van der Waals surface area (Å²) in [7, 11) is 1.90. The highest BCUT2D eigenvalue weighted by Crippen LogP contribution is 2.13. The van der Waals surface area contributed by atoms with Crippen molar-refractivity contribution < 1.29 is 0 Å². The molecule has 0 radical (unpaired) electrons. The number of rotatable bonds is 4. The molecule has 18 heavy (non-hydrogen) atoms. The van der Waals surface area contributed by atoms with Crippen molar-refractivity contribution in [1.29, 1.82) is 5.26 Å². The molecule has 0 spiro atoms. The van der Waals surface area contributed by atoms with Gasteiger partial charge >= 0.3 is 0 Å². The SMILES string of the molecule is Cn1nccc1CCNc1cc(C#N)cc(Cl)n1. The number of nitriles is 1. The molecule has 0 aromatic carbocycles. The van der Waals surface area contributed by atoms with Crippen LogP contribution in [-0.2, 0) is 13.5 Å². The number of aromatic nitrogens is 3. The highest BCUT2D eigenvalue weighted by molar-refractivity contribution is 6.29. The highest BCUT2D eigenvalue weighted by Gasteiger charge is 2.02. The third-order valence-corrected chi connectivity index (χ3v) is 2.73. The molecule has 5 nitrogen and oxygen atoms in total. The molecule has 1 N–H and O–H groups in total. The molecule has 0 aliphatic heterocycles. The van der Waals surface area contributed by atoms with Gasteiger partial charge in [-0.15, -0.1) is 0 Å². The second kappa shape index (κ2) is 5.52. The molecule has 0 aliphatic carbocycles. The van der Waals surface area contributed by atoms with E-state index < -0.39 is 0 Å². The Morgan fingerprint density at radius 3 is 3.00 bits per heavy atom. The Kier molecular flexibility index (Phi) is 3.80. The van der Waals surface area contributed by atoms with Gasteiger partial charge in [-0.2, -0.15) is 10.4 Å². The number of anilines is 1. The molecule has 0 fully saturated rings. The number of nitrogens with one attached hydrogen (secondary N) is 1. The molecule has 0 saturated carbocycles. The van der Waals surface area contributed by atoms with Crippen molar-refractivity contribution in [3.63, 3.8) is 0 Å². The normalized spacial score (nSPS) is 10.1. The third-order valence-electron chi connectivity index (χ3n) is 2.53. The first-order valence-electron chi connectivity index (χ1n) is 5.47. The van der Waals surface area contributed by atoms with Gasteiger partial charge in [-0.05, 0) is 18.2 Å². The fourth-order valence-electron chi connectivity index (χ4n) is 1.62. The minimum absolute atomic E-state index is 0.317. The Morgan fingerprint density at radius 1 is 1.50 bits per heavy atom. The van der Waals surface area contributed by atoms with Crippen LogP contribution in [0.4, 0.5) is 5.82 Å². The lowest BCUT2D eigenvalue weighted by molar-refractivity contribution is 0.711. The fraction of sp³-hybridized carbons (Fsp3) is 0.250. The van der Waals surface area contributed by atoms with E-state index >= 15 is 0 Å². The van der Waals surface area contributed by atoms with E-state index in [2.05, 4.69) is 15.4 Å². The van der Waals surface area contributed by atoms with Crippen LogP contribution in [0.3, 0.4) is 0 Å². The zero-order valence-corrected chi connectivity index (χ0v) is 10.6. The zero-order chi connectivity index (χ0) is 13.0. The average Bonchev–Trinajstić information content (AvgIpc) is 2.74. The van der Waals surface area contributed by atoms with Gasteiger partial charge in [0, 0.05) is 31.9 Å². The van der Waals surface area contributed by atoms with E-state index in [4.69, 9.17) is 16.9 Å². The molecule has 0 amide bonds. The first-order valence-corrected chi connectivity index (χ1v) is 5.85. The summed E-state index contributed by atoms with van der Waals surface area (Å²) in [5.41, 5.74) is 1.63. The van der Waals surface area contributed by atoms with Crippen LogP contribution >= 0.6 is 11.6 Å². The minimum Gasteiger partial charge on any atom is -0.370 e. The second-order valence-corrected chi connectivity index (χ2v) is 4.19. The van der Waals surface area contributed by atoms with Crippen molar-refractivity contribution in [2.75, 3.05) is 11.9 Å². The summed E-state index contributed by atoms with van der Waals surface area (Å²) in [4.78, 5) is 4.10. The zero-order valence-electron chi connectivity index (χ0n) is 9.89. The lowest BCUT2D eigenvalue weighted by Gasteiger charge is -2.06. The molecule has 0 aliphatic rings. The topological polar surface area (TPSA) is 66.5 Å². The standard InChI is InChI=1S/C12H12ClN5/c1-18-10(3-5-16-18)2-4-15-12-7-9(8-14)6-11(13)17-12/h3,5-7H,2,4H2,1H3,(H,15,17). The Bertz CT molecular complexity index is 584. The Balaban J connectivity index is 1.97. The highest BCUT2D eigenvalue weighted by atomic mass is 35.5. The molecule has 0 bridgehead atoms. The quantitative estimate of drug-likeness (QED) is 0.855. The van der Waals surface area contributed by atoms with Crippen molar-refractivity contribution in [2.24, 2.45) is 7.05 Å². The molecule has 0 atom stereocenters. The number of hydrogen-bond donors (Lipinski definition) is 1. The maximum atomic E-state index is 8.82. The van der Waals surface area contributed by atoms with Gasteiger partial charge in [-0.25, -0.2) is 4.98 Å². The van der Waals surface area contributed by atoms with Crippen LogP contribution in [0.5, 0.6) is 0 Å². The Labute approximate surface area is 110 Å². The second-order valence-electron chi connectivity index (χ2n) is 3.80. The number of nitrogens with zero attached hydrogens (tertiary/aromatic N) is 4. The van der Waals surface area contributed by atoms with Crippen LogP contribution in [0, 0.1) is 11.3 Å². The van der Waals surface area contributed by atoms with Crippen LogP contribution in [0.2, 0.25) is 5.15 Å². The molecule has 2 aromatic rings. The van der Waals surface area contributed by atoms with E-state index in [9.17, 15) is 0 Å². The van der Waals surface area contributed by atoms with Crippen molar-refractivity contribution in [2.45, 2.75) is 6.42 Å². The molecule has 2 aromatic heterocycles. The van der Waals surface area contributed by atoms with Gasteiger partial charge in [0.05, 0.1) is 11.6 Å². The maximum Gasteiger partial charge on any atom is 0.132 e. The van der Waals surface area contributed by atoms with Crippen LogP contribution in [-0.4, -0.2) is 21.3 Å². The van der Waals surface area contributed by atoms with Gasteiger partial charge in [0.25, 0.3) is 0 Å². The first kappa shape index (κ1) is 12.4. The Hall–Kier alpha value is -2.06. The minimum atomic E-state index is 0.317. The largest absolute Gasteiger partial charge is 0.370 e. The molecule has 0 saturated heterocycles. The summed E-state index contributed by atoms with van der Waals surface area (Å²) in [5.74, 6) is 0.612. The number of pyridine rings is 1. The van der Waals surface area contributed by atoms with Crippen molar-refractivity contribution in [1.82, 2.24) is 14.8 Å². The van der Waals surface area contributed by atoms with Crippen molar-refractivity contribution >= 4 is 17.4 Å². The van der Waals surface area contributed by atoms with Gasteiger partial charge in [-0.3, -0.25) is 4.68 Å². The maximum absolute atomic E-state index is 8.82. The van der Waals surface area contributed by atoms with Gasteiger partial charge in [0.2, 0.25) is 0 Å². The smallest absolute Gasteiger partial charge is 0.132 e. The average molecular weight is 262 g/mol. The molecule has 2 heterocycles. The van der Waals surface area contributed by atoms with E-state index in [1.807, 2.05) is 23.9 Å². The van der Waals surface area contributed by atoms with Gasteiger partial charge in [-0.1, -0.05) is 11.6 Å². The van der Waals surface area contributed by atoms with E-state index in [1.165, 1.54) is 6.07 Å². The van der Waals surface area contributed by atoms with Crippen LogP contribution in [0.25, 0.3) is 0 Å². The van der Waals surface area contributed by atoms with E-state index in [0.717, 1.165) is 12.1 Å². The lowest BCUT2D eigenvalue weighted by atomic mass is 10.3. The summed E-state index contributed by atoms with van der Waals surface area (Å²) in [6.45, 7) is 0.706. The predicted octanol–water partition coefficient (Wildman–Crippen LogP) is 1.99. The number of aryl methyl sites for hydroxylation is 1. The van der Waals surface area contributed by atoms with Gasteiger partial charge < -0.3 is 5.32 Å². The summed E-state index contributed by atoms with van der Waals surface area (Å²) in [6, 6.07) is 7.22. The number of halogens is 1. The third kappa shape index (κ3) is 2.99. The molecular formula is C12H12ClN5. The monoisotopic (exact) mass is 261 g/mol. The van der Waals surface area contributed by atoms with Crippen LogP contribution in [0.15, 0.2) is 24.4 Å². The van der Waals surface area contributed by atoms with Crippen LogP contribution < -0.4 is 5.32 Å². The predicted molar refractivity (Wildman–Crippen MR) is 69.4 cm³/mol. The van der Waals surface area contributed by atoms with Crippen LogP contribution in [0.1, 0.15) is 11.3 Å². The number of hydrogen-bond acceptors (Lipinski definition) is 4. The molecular weight excluding hydrogens is 250 g/mol. The summed E-state index contributed by atoms with van der Waals surface area (Å²) in [5, 5.41) is 16.4. The van der Waals surface area contributed by atoms with Gasteiger partial charge in [0.1, 0.15) is 11.0 Å². The lowest BCUT2D eigenvalue weighted by Crippen LogP contribution is -2.09. The van der Waals surface area contributed by atoms with E-state index in [1.54, 1.807) is 12.3 Å². The summed E-state index contributed by atoms with van der Waals surface area (Å²) >= 11 is 5.82. The Morgan fingerprint density at radius 2 is 2.33 bits per heavy atom. The van der Waals surface area contributed by atoms with Gasteiger partial charge in [0.15, 0.2) is 0 Å². The fourth-order valence-corrected chi connectivity index (χ4v) is 1.83. The molecule has 92 valence electrons. The molecule has 6 heteroatoms. The first-order chi connectivity index (χ1) is 8.69. The van der Waals surface area contributed by atoms with Crippen molar-refractivity contribution in [3.8, 4) is 6.07 Å². The summed E-state index contributed by atoms with van der Waals surface area (Å²) < 4.78 is 1.83. The van der Waals surface area contributed by atoms with E-state index in [0.29, 0.717) is 23.1 Å². The van der Waals surface area contributed by atoms with Crippen molar-refractivity contribution in [3.05, 3.63) is 40.8 Å². The molecule has 0 unspecified atom stereocenters. The molecule has 2 rings (SSSR count).